The van der Waals surface area contributed by atoms with Crippen molar-refractivity contribution >= 4 is 16.8 Å². The summed E-state index contributed by atoms with van der Waals surface area (Å²) in [5.41, 5.74) is 3.11. The van der Waals surface area contributed by atoms with Gasteiger partial charge >= 0.3 is 0 Å². The van der Waals surface area contributed by atoms with E-state index in [0.29, 0.717) is 5.56 Å². The number of carbonyl (C=O) groups is 1. The van der Waals surface area contributed by atoms with E-state index < -0.39 is 0 Å². The molecule has 1 amide bonds. The van der Waals surface area contributed by atoms with E-state index in [1.807, 2.05) is 61.5 Å². The molecule has 3 aromatic heterocycles. The van der Waals surface area contributed by atoms with Crippen molar-refractivity contribution in [1.82, 2.24) is 15.3 Å². The fraction of sp³-hybridized carbons (Fsp3) is 0.174. The molecule has 1 atom stereocenters. The number of nitrogens with one attached hydrogen (secondary N) is 1. The maximum atomic E-state index is 13.0. The Bertz CT molecular complexity index is 1080. The lowest BCUT2D eigenvalue weighted by atomic mass is 10.0. The second kappa shape index (κ2) is 8.05. The first-order chi connectivity index (χ1) is 13.7. The number of nitrogens with zero attached hydrogens (tertiary/aromatic N) is 2. The Hall–Kier alpha value is -3.47. The van der Waals surface area contributed by atoms with Crippen LogP contribution in [-0.4, -0.2) is 21.9 Å². The van der Waals surface area contributed by atoms with Crippen LogP contribution in [0.15, 0.2) is 77.7 Å². The summed E-state index contributed by atoms with van der Waals surface area (Å²) in [7, 11) is 0. The van der Waals surface area contributed by atoms with E-state index in [2.05, 4.69) is 10.3 Å². The summed E-state index contributed by atoms with van der Waals surface area (Å²) in [5, 5.41) is 3.95. The number of aryl methyl sites for hydroxylation is 1. The average Bonchev–Trinajstić information content (AvgIpc) is 3.26. The Kier molecular flexibility index (Phi) is 5.15. The van der Waals surface area contributed by atoms with E-state index in [1.54, 1.807) is 18.7 Å². The van der Waals surface area contributed by atoms with Gasteiger partial charge in [-0.05, 0) is 49.7 Å². The van der Waals surface area contributed by atoms with Crippen LogP contribution < -0.4 is 5.32 Å². The molecular weight excluding hydrogens is 350 g/mol. The quantitative estimate of drug-likeness (QED) is 0.536. The highest BCUT2D eigenvalue weighted by Gasteiger charge is 2.16. The second-order valence-corrected chi connectivity index (χ2v) is 6.80. The highest BCUT2D eigenvalue weighted by molar-refractivity contribution is 6.07. The lowest BCUT2D eigenvalue weighted by Gasteiger charge is -2.15. The van der Waals surface area contributed by atoms with Crippen LogP contribution in [0.5, 0.6) is 0 Å². The minimum absolute atomic E-state index is 0.0221. The summed E-state index contributed by atoms with van der Waals surface area (Å²) in [4.78, 5) is 21.8. The fourth-order valence-corrected chi connectivity index (χ4v) is 3.22. The number of furan rings is 1. The highest BCUT2D eigenvalue weighted by Crippen LogP contribution is 2.24. The number of amides is 1. The Balaban J connectivity index is 1.60. The molecule has 0 aliphatic carbocycles. The van der Waals surface area contributed by atoms with E-state index >= 15 is 0 Å². The zero-order valence-electron chi connectivity index (χ0n) is 15.6. The van der Waals surface area contributed by atoms with E-state index in [4.69, 9.17) is 9.40 Å². The summed E-state index contributed by atoms with van der Waals surface area (Å²) >= 11 is 0. The van der Waals surface area contributed by atoms with Crippen LogP contribution in [0.4, 0.5) is 0 Å². The van der Waals surface area contributed by atoms with Crippen LogP contribution in [-0.2, 0) is 6.42 Å². The average molecular weight is 371 g/mol. The number of pyridine rings is 2. The van der Waals surface area contributed by atoms with Gasteiger partial charge in [0.2, 0.25) is 0 Å². The number of hydrogen-bond acceptors (Lipinski definition) is 4. The molecule has 0 bridgehead atoms. The fourth-order valence-electron chi connectivity index (χ4n) is 3.22. The molecule has 0 aliphatic heterocycles. The first-order valence-electron chi connectivity index (χ1n) is 9.34. The normalized spacial score (nSPS) is 12.0. The summed E-state index contributed by atoms with van der Waals surface area (Å²) < 4.78 is 5.37. The van der Waals surface area contributed by atoms with Crippen LogP contribution in [0.25, 0.3) is 22.2 Å². The molecule has 4 aromatic rings. The Morgan fingerprint density at radius 3 is 2.71 bits per heavy atom. The number of hydrogen-bond donors (Lipinski definition) is 1. The molecule has 0 spiro atoms. The minimum Gasteiger partial charge on any atom is -0.469 e. The van der Waals surface area contributed by atoms with Crippen molar-refractivity contribution in [2.24, 2.45) is 0 Å². The smallest absolute Gasteiger partial charge is 0.252 e. The van der Waals surface area contributed by atoms with Gasteiger partial charge in [0.1, 0.15) is 5.76 Å². The van der Waals surface area contributed by atoms with Gasteiger partial charge in [0.25, 0.3) is 5.91 Å². The molecule has 1 unspecified atom stereocenters. The van der Waals surface area contributed by atoms with Crippen molar-refractivity contribution < 1.29 is 9.21 Å². The second-order valence-electron chi connectivity index (χ2n) is 6.80. The van der Waals surface area contributed by atoms with Crippen molar-refractivity contribution in [1.29, 1.82) is 0 Å². The molecular formula is C23H21N3O2. The lowest BCUT2D eigenvalue weighted by molar-refractivity contribution is 0.0939. The molecule has 1 aromatic carbocycles. The van der Waals surface area contributed by atoms with Gasteiger partial charge in [0, 0.05) is 35.8 Å². The summed E-state index contributed by atoms with van der Waals surface area (Å²) in [6.07, 6.45) is 6.71. The number of aromatic nitrogens is 2. The van der Waals surface area contributed by atoms with Crippen LogP contribution in [0.1, 0.15) is 29.5 Å². The molecule has 5 nitrogen and oxygen atoms in total. The third kappa shape index (κ3) is 3.93. The third-order valence-electron chi connectivity index (χ3n) is 4.72. The highest BCUT2D eigenvalue weighted by atomic mass is 16.3. The van der Waals surface area contributed by atoms with Crippen molar-refractivity contribution in [2.45, 2.75) is 25.8 Å². The Labute approximate surface area is 163 Å². The largest absolute Gasteiger partial charge is 0.469 e. The van der Waals surface area contributed by atoms with Gasteiger partial charge in [0.15, 0.2) is 0 Å². The first-order valence-corrected chi connectivity index (χ1v) is 9.34. The zero-order valence-corrected chi connectivity index (χ0v) is 15.6. The molecule has 0 saturated carbocycles. The Morgan fingerprint density at radius 2 is 1.93 bits per heavy atom. The van der Waals surface area contributed by atoms with Crippen molar-refractivity contribution in [3.8, 4) is 11.3 Å². The van der Waals surface area contributed by atoms with E-state index in [1.165, 1.54) is 0 Å². The van der Waals surface area contributed by atoms with Crippen molar-refractivity contribution in [2.75, 3.05) is 0 Å². The molecule has 0 aliphatic rings. The van der Waals surface area contributed by atoms with Gasteiger partial charge in [-0.3, -0.25) is 9.78 Å². The Morgan fingerprint density at radius 1 is 1.11 bits per heavy atom. The molecule has 5 heteroatoms. The predicted molar refractivity (Wildman–Crippen MR) is 109 cm³/mol. The standard InChI is InChI=1S/C23H21N3O2/c1-16(8-9-18-5-4-14-28-18)25-23(27)20-15-22(17-10-12-24-13-11-17)26-21-7-3-2-6-19(20)21/h2-7,10-16H,8-9H2,1H3,(H,25,27). The summed E-state index contributed by atoms with van der Waals surface area (Å²) in [5.74, 6) is 0.830. The van der Waals surface area contributed by atoms with Crippen LogP contribution >= 0.6 is 0 Å². The van der Waals surface area contributed by atoms with Gasteiger partial charge in [0.05, 0.1) is 23.0 Å². The van der Waals surface area contributed by atoms with Gasteiger partial charge < -0.3 is 9.73 Å². The number of carbonyl (C=O) groups excluding carboxylic acids is 1. The summed E-state index contributed by atoms with van der Waals surface area (Å²) in [6, 6.07) is 17.2. The topological polar surface area (TPSA) is 68.0 Å². The van der Waals surface area contributed by atoms with Crippen molar-refractivity contribution in [3.05, 3.63) is 84.6 Å². The van der Waals surface area contributed by atoms with E-state index in [-0.39, 0.29) is 11.9 Å². The minimum atomic E-state index is -0.0964. The summed E-state index contributed by atoms with van der Waals surface area (Å²) in [6.45, 7) is 2.01. The van der Waals surface area contributed by atoms with Gasteiger partial charge in [-0.15, -0.1) is 0 Å². The number of fused-ring (bicyclic) bond motifs is 1. The first kappa shape index (κ1) is 17.9. The maximum absolute atomic E-state index is 13.0. The van der Waals surface area contributed by atoms with Crippen LogP contribution in [0.2, 0.25) is 0 Å². The monoisotopic (exact) mass is 371 g/mol. The molecule has 0 saturated heterocycles. The van der Waals surface area contributed by atoms with Gasteiger partial charge in [-0.2, -0.15) is 0 Å². The van der Waals surface area contributed by atoms with E-state index in [9.17, 15) is 4.79 Å². The molecule has 4 rings (SSSR count). The maximum Gasteiger partial charge on any atom is 0.252 e. The zero-order chi connectivity index (χ0) is 19.3. The molecule has 0 fully saturated rings. The third-order valence-corrected chi connectivity index (χ3v) is 4.72. The van der Waals surface area contributed by atoms with E-state index in [0.717, 1.165) is 40.8 Å². The van der Waals surface area contributed by atoms with Gasteiger partial charge in [-0.1, -0.05) is 18.2 Å². The molecule has 0 radical (unpaired) electrons. The lowest BCUT2D eigenvalue weighted by Crippen LogP contribution is -2.33. The molecule has 3 heterocycles. The molecule has 28 heavy (non-hydrogen) atoms. The molecule has 140 valence electrons. The van der Waals surface area contributed by atoms with Gasteiger partial charge in [-0.25, -0.2) is 4.98 Å². The number of rotatable bonds is 6. The van der Waals surface area contributed by atoms with Crippen LogP contribution in [0, 0.1) is 0 Å². The number of benzene rings is 1. The van der Waals surface area contributed by atoms with Crippen LogP contribution in [0.3, 0.4) is 0 Å². The van der Waals surface area contributed by atoms with Crippen molar-refractivity contribution in [3.63, 3.8) is 0 Å². The molecule has 1 N–H and O–H groups in total. The predicted octanol–water partition coefficient (Wildman–Crippen LogP) is 4.64. The SMILES string of the molecule is CC(CCc1ccco1)NC(=O)c1cc(-c2ccncc2)nc2ccccc12. The number of para-hydroxylation sites is 1.